The van der Waals surface area contributed by atoms with Crippen molar-refractivity contribution in [1.29, 1.82) is 0 Å². The van der Waals surface area contributed by atoms with Crippen molar-refractivity contribution >= 4 is 72.8 Å². The summed E-state index contributed by atoms with van der Waals surface area (Å²) in [5.41, 5.74) is 3.62. The number of rotatable bonds is 13. The molecule has 3 fully saturated rings. The van der Waals surface area contributed by atoms with E-state index in [1.165, 1.54) is 35.6 Å². The molecule has 11 rings (SSSR count). The number of aryl methyl sites for hydroxylation is 1. The van der Waals surface area contributed by atoms with E-state index in [0.29, 0.717) is 66.9 Å². The average Bonchev–Trinajstić information content (AvgIpc) is 3.98. The van der Waals surface area contributed by atoms with Crippen molar-refractivity contribution in [3.63, 3.8) is 0 Å². The average molecular weight is 1050 g/mol. The number of aromatic nitrogens is 4. The second-order valence-electron chi connectivity index (χ2n) is 20.7. The normalized spacial score (nSPS) is 19.9. The number of carbonyl (C=O) groups is 4. The molecular weight excluding hydrogens is 996 g/mol. The first-order chi connectivity index (χ1) is 36.6. The molecule has 3 aliphatic heterocycles. The number of hydrogen-bond donors (Lipinski definition) is 3. The fourth-order valence-electron chi connectivity index (χ4n) is 12.0. The molecule has 1 saturated carbocycles. The van der Waals surface area contributed by atoms with E-state index in [0.717, 1.165) is 89.9 Å². The van der Waals surface area contributed by atoms with E-state index in [2.05, 4.69) is 43.4 Å². The number of pyridine rings is 1. The minimum Gasteiger partial charge on any atom is -0.490 e. The fourth-order valence-corrected chi connectivity index (χ4v) is 12.8. The Morgan fingerprint density at radius 2 is 1.63 bits per heavy atom. The Labute approximate surface area is 441 Å². The SMILES string of the molecule is C[C@@H](CC1CCC(Oc2cccc(-c3ccc(N4CCc5cccc(C(=O)Nc6nc7ccccc7s6)c5C4)nc3C(=O)O)c2C(F)(F)F)CC1)CN1CCN(c2cccc3c([C@@H]4CCC(=O)NC4=O)nn(C)c23)CC1. The van der Waals surface area contributed by atoms with Gasteiger partial charge in [0, 0.05) is 81.4 Å². The number of alkyl halides is 3. The Morgan fingerprint density at radius 3 is 2.39 bits per heavy atom. The van der Waals surface area contributed by atoms with Gasteiger partial charge in [-0.3, -0.25) is 34.6 Å². The van der Waals surface area contributed by atoms with Crippen LogP contribution in [0.4, 0.5) is 29.8 Å². The summed E-state index contributed by atoms with van der Waals surface area (Å²) in [7, 11) is 1.90. The Morgan fingerprint density at radius 1 is 0.855 bits per heavy atom. The van der Waals surface area contributed by atoms with Crippen LogP contribution in [0.3, 0.4) is 0 Å². The van der Waals surface area contributed by atoms with Crippen LogP contribution in [0.5, 0.6) is 5.75 Å². The molecule has 2 saturated heterocycles. The molecular formula is C57H58F3N9O6S. The lowest BCUT2D eigenvalue weighted by Crippen LogP contribution is -2.47. The van der Waals surface area contributed by atoms with Gasteiger partial charge < -0.3 is 19.6 Å². The molecule has 2 atom stereocenters. The molecule has 0 bridgehead atoms. The number of thiazole rings is 1. The number of amides is 3. The summed E-state index contributed by atoms with van der Waals surface area (Å²) < 4.78 is 54.7. The number of hydrogen-bond acceptors (Lipinski definition) is 12. The van der Waals surface area contributed by atoms with Gasteiger partial charge in [0.05, 0.1) is 39.1 Å². The smallest absolute Gasteiger partial charge is 0.420 e. The summed E-state index contributed by atoms with van der Waals surface area (Å²) in [5.74, 6) is -2.07. The molecule has 394 valence electrons. The van der Waals surface area contributed by atoms with Gasteiger partial charge in [-0.15, -0.1) is 0 Å². The molecule has 15 nitrogen and oxygen atoms in total. The number of ether oxygens (including phenoxy) is 1. The number of carboxylic acids is 1. The number of piperazine rings is 1. The molecule has 76 heavy (non-hydrogen) atoms. The van der Waals surface area contributed by atoms with Crippen molar-refractivity contribution in [3.05, 3.63) is 125 Å². The van der Waals surface area contributed by atoms with Crippen LogP contribution in [0.2, 0.25) is 0 Å². The van der Waals surface area contributed by atoms with E-state index in [9.17, 15) is 24.3 Å². The first kappa shape index (κ1) is 50.8. The molecule has 7 aromatic rings. The number of anilines is 3. The third-order valence-corrected chi connectivity index (χ3v) is 16.5. The molecule has 6 heterocycles. The number of fused-ring (bicyclic) bond motifs is 3. The van der Waals surface area contributed by atoms with E-state index in [4.69, 9.17) is 9.84 Å². The van der Waals surface area contributed by atoms with E-state index in [-0.39, 0.29) is 47.0 Å². The van der Waals surface area contributed by atoms with Crippen molar-refractivity contribution in [1.82, 2.24) is 30.0 Å². The summed E-state index contributed by atoms with van der Waals surface area (Å²) >= 11 is 1.37. The maximum absolute atomic E-state index is 15.2. The van der Waals surface area contributed by atoms with Crippen molar-refractivity contribution in [2.75, 3.05) is 54.4 Å². The Balaban J connectivity index is 0.711. The van der Waals surface area contributed by atoms with Gasteiger partial charge >= 0.3 is 12.1 Å². The maximum Gasteiger partial charge on any atom is 0.420 e. The van der Waals surface area contributed by atoms with Gasteiger partial charge in [-0.25, -0.2) is 14.8 Å². The molecule has 0 spiro atoms. The zero-order valence-electron chi connectivity index (χ0n) is 42.2. The van der Waals surface area contributed by atoms with Crippen LogP contribution in [0.25, 0.3) is 32.2 Å². The van der Waals surface area contributed by atoms with Gasteiger partial charge in [-0.2, -0.15) is 18.3 Å². The molecule has 1 aliphatic carbocycles. The Hall–Kier alpha value is -7.38. The second kappa shape index (κ2) is 21.0. The number of carboxylic acid groups (broad SMARTS) is 1. The van der Waals surface area contributed by atoms with Crippen LogP contribution < -0.4 is 25.2 Å². The zero-order chi connectivity index (χ0) is 52.8. The van der Waals surface area contributed by atoms with Gasteiger partial charge in [0.25, 0.3) is 5.91 Å². The standard InChI is InChI=1S/C57H58F3N9O6S/c1-33(31-67-26-28-68(29-27-67)44-13-6-11-40-50(65-66(2)52(40)44)41-21-23-48(70)63-54(41)72)30-34-16-18-36(19-17-34)75-45-14-7-9-37(49(45)57(58,59)60)38-20-22-47(62-51(38)55(73)74)69-25-24-35-8-5-10-39(42(35)32-69)53(71)64-56-61-43-12-3-4-15-46(43)76-56/h3-15,20,22,33-34,36,41H,16-19,21,23-32H2,1-2H3,(H,73,74)(H,61,64,71)(H,63,70,72)/t33-,34?,36?,41-/m0/s1. The van der Waals surface area contributed by atoms with Crippen LogP contribution in [-0.2, 0) is 35.8 Å². The maximum atomic E-state index is 15.2. The van der Waals surface area contributed by atoms with Crippen molar-refractivity contribution in [2.45, 2.75) is 83.0 Å². The molecule has 19 heteroatoms. The van der Waals surface area contributed by atoms with Crippen LogP contribution >= 0.6 is 11.3 Å². The Bertz CT molecular complexity index is 3350. The lowest BCUT2D eigenvalue weighted by atomic mass is 9.82. The van der Waals surface area contributed by atoms with E-state index < -0.39 is 35.4 Å². The third kappa shape index (κ3) is 10.3. The summed E-state index contributed by atoms with van der Waals surface area (Å²) in [6, 6.07) is 26.2. The summed E-state index contributed by atoms with van der Waals surface area (Å²) in [4.78, 5) is 66.9. The first-order valence-corrected chi connectivity index (χ1v) is 26.9. The number of halogens is 3. The number of benzene rings is 4. The minimum atomic E-state index is -4.87. The lowest BCUT2D eigenvalue weighted by molar-refractivity contribution is -0.139. The number of para-hydroxylation sites is 2. The third-order valence-electron chi connectivity index (χ3n) is 15.6. The zero-order valence-corrected chi connectivity index (χ0v) is 43.1. The van der Waals surface area contributed by atoms with E-state index in [1.807, 2.05) is 65.2 Å². The lowest BCUT2D eigenvalue weighted by Gasteiger charge is -2.38. The molecule has 0 radical (unpaired) electrons. The monoisotopic (exact) mass is 1050 g/mol. The van der Waals surface area contributed by atoms with Gasteiger partial charge in [0.2, 0.25) is 11.8 Å². The highest BCUT2D eigenvalue weighted by Gasteiger charge is 2.40. The predicted octanol–water partition coefficient (Wildman–Crippen LogP) is 10.1. The highest BCUT2D eigenvalue weighted by molar-refractivity contribution is 7.22. The highest BCUT2D eigenvalue weighted by atomic mass is 32.1. The largest absolute Gasteiger partial charge is 0.490 e. The van der Waals surface area contributed by atoms with Crippen LogP contribution in [0, 0.1) is 11.8 Å². The fraction of sp³-hybridized carbons (Fsp3) is 0.386. The number of imide groups is 1. The molecule has 4 aliphatic rings. The van der Waals surface area contributed by atoms with Crippen LogP contribution in [0.15, 0.2) is 91.0 Å². The van der Waals surface area contributed by atoms with Crippen molar-refractivity contribution in [2.24, 2.45) is 18.9 Å². The quantitative estimate of drug-likeness (QED) is 0.0934. The summed E-state index contributed by atoms with van der Waals surface area (Å²) in [6.07, 6.45) is -0.190. The number of carbonyl (C=O) groups excluding carboxylic acids is 3. The van der Waals surface area contributed by atoms with E-state index in [1.54, 1.807) is 12.1 Å². The molecule has 4 aromatic carbocycles. The van der Waals surface area contributed by atoms with Gasteiger partial charge in [-0.05, 0) is 110 Å². The van der Waals surface area contributed by atoms with E-state index >= 15 is 13.2 Å². The number of nitrogens with one attached hydrogen (secondary N) is 2. The summed E-state index contributed by atoms with van der Waals surface area (Å²) in [6.45, 7) is 7.32. The van der Waals surface area contributed by atoms with Crippen molar-refractivity contribution < 1.29 is 42.2 Å². The molecule has 3 aromatic heterocycles. The van der Waals surface area contributed by atoms with Gasteiger partial charge in [0.15, 0.2) is 10.8 Å². The number of nitrogens with zero attached hydrogens (tertiary/aromatic N) is 7. The van der Waals surface area contributed by atoms with Crippen molar-refractivity contribution in [3.8, 4) is 16.9 Å². The number of piperidine rings is 1. The van der Waals surface area contributed by atoms with Gasteiger partial charge in [0.1, 0.15) is 17.1 Å². The first-order valence-electron chi connectivity index (χ1n) is 26.1. The van der Waals surface area contributed by atoms with Gasteiger partial charge in [-0.1, -0.05) is 66.8 Å². The van der Waals surface area contributed by atoms with Crippen LogP contribution in [-0.4, -0.2) is 98.8 Å². The second-order valence-corrected chi connectivity index (χ2v) is 21.7. The predicted molar refractivity (Wildman–Crippen MR) is 285 cm³/mol. The Kier molecular flexibility index (Phi) is 14.0. The number of aromatic carboxylic acids is 1. The molecule has 3 amide bonds. The topological polar surface area (TPSA) is 175 Å². The molecule has 0 unspecified atom stereocenters. The minimum absolute atomic E-state index is 0.173. The molecule has 3 N–H and O–H groups in total. The summed E-state index contributed by atoms with van der Waals surface area (Å²) in [5, 5.41) is 22.0. The van der Waals surface area contributed by atoms with Crippen LogP contribution in [0.1, 0.15) is 101 Å². The highest BCUT2D eigenvalue weighted by Crippen LogP contribution is 2.46.